The first-order valence-electron chi connectivity index (χ1n) is 4.74. The number of hydrogen-bond donors (Lipinski definition) is 1. The third-order valence-corrected chi connectivity index (χ3v) is 4.07. The molecule has 4 nitrogen and oxygen atoms in total. The first kappa shape index (κ1) is 11.4. The molecular weight excluding hydrogens is 250 g/mol. The van der Waals surface area contributed by atoms with E-state index in [2.05, 4.69) is 0 Å². The van der Waals surface area contributed by atoms with E-state index in [-0.39, 0.29) is 5.91 Å². The van der Waals surface area contributed by atoms with E-state index in [1.807, 2.05) is 0 Å². The Morgan fingerprint density at radius 2 is 2.12 bits per heavy atom. The number of anilines is 1. The zero-order valence-electron chi connectivity index (χ0n) is 8.57. The molecule has 0 aliphatic heterocycles. The third kappa shape index (κ3) is 1.70. The average molecular weight is 260 g/mol. The summed E-state index contributed by atoms with van der Waals surface area (Å²) in [6.45, 7) is 0. The van der Waals surface area contributed by atoms with E-state index in [9.17, 15) is 9.59 Å². The number of carboxylic acids is 1. The fraction of sp³-hybridized carbons (Fsp3) is 0.400. The molecule has 0 aromatic carbocycles. The van der Waals surface area contributed by atoms with Crippen LogP contribution in [0.15, 0.2) is 12.1 Å². The van der Waals surface area contributed by atoms with Crippen LogP contribution in [0.2, 0.25) is 4.34 Å². The van der Waals surface area contributed by atoms with Gasteiger partial charge in [0.15, 0.2) is 0 Å². The fourth-order valence-electron chi connectivity index (χ4n) is 1.55. The molecule has 86 valence electrons. The second-order valence-corrected chi connectivity index (χ2v) is 5.52. The van der Waals surface area contributed by atoms with Crippen LogP contribution in [-0.2, 0) is 9.59 Å². The number of nitrogens with zero attached hydrogens (tertiary/aromatic N) is 1. The lowest BCUT2D eigenvalue weighted by atomic mass is 10.1. The van der Waals surface area contributed by atoms with Crippen molar-refractivity contribution in [1.82, 2.24) is 0 Å². The van der Waals surface area contributed by atoms with Gasteiger partial charge in [-0.05, 0) is 25.0 Å². The molecule has 1 aliphatic carbocycles. The van der Waals surface area contributed by atoms with Crippen LogP contribution in [0.4, 0.5) is 5.00 Å². The molecule has 0 atom stereocenters. The summed E-state index contributed by atoms with van der Waals surface area (Å²) in [4.78, 5) is 24.4. The fourth-order valence-corrected chi connectivity index (χ4v) is 2.54. The highest BCUT2D eigenvalue weighted by Gasteiger charge is 2.58. The minimum Gasteiger partial charge on any atom is -0.480 e. The summed E-state index contributed by atoms with van der Waals surface area (Å²) in [5, 5.41) is 9.67. The van der Waals surface area contributed by atoms with Gasteiger partial charge in [0.25, 0.3) is 0 Å². The smallest absolute Gasteiger partial charge is 0.319 e. The molecule has 1 amide bonds. The van der Waals surface area contributed by atoms with Crippen molar-refractivity contribution in [2.75, 3.05) is 11.9 Å². The standard InChI is InChI=1S/C10H10ClNO3S/c1-12(7-3-2-6(11)16-7)8(13)10(4-5-10)9(14)15/h2-3H,4-5H2,1H3,(H,14,15). The van der Waals surface area contributed by atoms with Crippen molar-refractivity contribution in [3.05, 3.63) is 16.5 Å². The summed E-state index contributed by atoms with van der Waals surface area (Å²) in [6, 6.07) is 3.40. The molecule has 1 aliphatic rings. The second-order valence-electron chi connectivity index (χ2n) is 3.83. The number of aliphatic carboxylic acids is 1. The predicted octanol–water partition coefficient (Wildman–Crippen LogP) is 2.23. The highest BCUT2D eigenvalue weighted by molar-refractivity contribution is 7.20. The summed E-state index contributed by atoms with van der Waals surface area (Å²) >= 11 is 7.02. The van der Waals surface area contributed by atoms with Crippen molar-refractivity contribution in [3.8, 4) is 0 Å². The van der Waals surface area contributed by atoms with Crippen molar-refractivity contribution in [3.63, 3.8) is 0 Å². The quantitative estimate of drug-likeness (QED) is 0.847. The van der Waals surface area contributed by atoms with Gasteiger partial charge in [0, 0.05) is 7.05 Å². The van der Waals surface area contributed by atoms with Gasteiger partial charge in [-0.1, -0.05) is 11.6 Å². The van der Waals surface area contributed by atoms with E-state index in [4.69, 9.17) is 16.7 Å². The minimum absolute atomic E-state index is 0.362. The number of carbonyl (C=O) groups excluding carboxylic acids is 1. The number of hydrogen-bond acceptors (Lipinski definition) is 3. The molecule has 1 aromatic heterocycles. The molecule has 1 N–H and O–H groups in total. The van der Waals surface area contributed by atoms with Gasteiger partial charge in [-0.25, -0.2) is 0 Å². The first-order valence-corrected chi connectivity index (χ1v) is 5.94. The van der Waals surface area contributed by atoms with Gasteiger partial charge in [0.1, 0.15) is 5.41 Å². The Balaban J connectivity index is 2.20. The lowest BCUT2D eigenvalue weighted by Crippen LogP contribution is -2.38. The van der Waals surface area contributed by atoms with Crippen LogP contribution in [0, 0.1) is 5.41 Å². The molecule has 0 bridgehead atoms. The Morgan fingerprint density at radius 1 is 1.50 bits per heavy atom. The van der Waals surface area contributed by atoms with Crippen LogP contribution < -0.4 is 4.90 Å². The van der Waals surface area contributed by atoms with Gasteiger partial charge in [0.2, 0.25) is 5.91 Å². The van der Waals surface area contributed by atoms with Crippen LogP contribution in [0.3, 0.4) is 0 Å². The maximum absolute atomic E-state index is 12.0. The Bertz CT molecular complexity index is 453. The molecule has 0 unspecified atom stereocenters. The molecule has 16 heavy (non-hydrogen) atoms. The van der Waals surface area contributed by atoms with E-state index < -0.39 is 11.4 Å². The molecule has 1 saturated carbocycles. The lowest BCUT2D eigenvalue weighted by molar-refractivity contribution is -0.148. The highest BCUT2D eigenvalue weighted by atomic mass is 35.5. The Kier molecular flexibility index (Phi) is 2.67. The number of amides is 1. The molecule has 0 saturated heterocycles. The van der Waals surface area contributed by atoms with Gasteiger partial charge in [-0.2, -0.15) is 0 Å². The summed E-state index contributed by atoms with van der Waals surface area (Å²) in [5.41, 5.74) is -1.19. The van der Waals surface area contributed by atoms with Crippen molar-refractivity contribution < 1.29 is 14.7 Å². The number of carbonyl (C=O) groups is 2. The van der Waals surface area contributed by atoms with Crippen molar-refractivity contribution in [1.29, 1.82) is 0 Å². The molecule has 1 aromatic rings. The maximum Gasteiger partial charge on any atom is 0.319 e. The van der Waals surface area contributed by atoms with E-state index in [0.29, 0.717) is 22.2 Å². The number of thiophene rings is 1. The summed E-state index contributed by atoms with van der Waals surface area (Å²) in [5.74, 6) is -1.40. The van der Waals surface area contributed by atoms with Crippen LogP contribution in [-0.4, -0.2) is 24.0 Å². The van der Waals surface area contributed by atoms with Crippen LogP contribution in [0.5, 0.6) is 0 Å². The van der Waals surface area contributed by atoms with Gasteiger partial charge in [-0.3, -0.25) is 9.59 Å². The predicted molar refractivity (Wildman–Crippen MR) is 62.0 cm³/mol. The highest BCUT2D eigenvalue weighted by Crippen LogP contribution is 2.48. The summed E-state index contributed by atoms with van der Waals surface area (Å²) in [6.07, 6.45) is 0.842. The zero-order valence-corrected chi connectivity index (χ0v) is 10.1. The number of carboxylic acid groups (broad SMARTS) is 1. The molecule has 1 heterocycles. The van der Waals surface area contributed by atoms with E-state index in [1.165, 1.54) is 16.2 Å². The molecule has 2 rings (SSSR count). The van der Waals surface area contributed by atoms with E-state index >= 15 is 0 Å². The number of rotatable bonds is 3. The van der Waals surface area contributed by atoms with Crippen molar-refractivity contribution >= 4 is 39.8 Å². The van der Waals surface area contributed by atoms with E-state index in [1.54, 1.807) is 19.2 Å². The molecule has 0 spiro atoms. The van der Waals surface area contributed by atoms with Gasteiger partial charge < -0.3 is 10.0 Å². The topological polar surface area (TPSA) is 57.6 Å². The summed E-state index contributed by atoms with van der Waals surface area (Å²) in [7, 11) is 1.58. The Hall–Kier alpha value is -1.07. The zero-order chi connectivity index (χ0) is 11.9. The van der Waals surface area contributed by atoms with E-state index in [0.717, 1.165) is 0 Å². The SMILES string of the molecule is CN(C(=O)C1(C(=O)O)CC1)c1ccc(Cl)s1. The van der Waals surface area contributed by atoms with Crippen LogP contribution in [0.25, 0.3) is 0 Å². The molecule has 0 radical (unpaired) electrons. The molecule has 1 fully saturated rings. The third-order valence-electron chi connectivity index (χ3n) is 2.76. The van der Waals surface area contributed by atoms with Crippen molar-refractivity contribution in [2.45, 2.75) is 12.8 Å². The Labute approximate surface area is 101 Å². The monoisotopic (exact) mass is 259 g/mol. The van der Waals surface area contributed by atoms with Gasteiger partial charge in [-0.15, -0.1) is 11.3 Å². The lowest BCUT2D eigenvalue weighted by Gasteiger charge is -2.19. The van der Waals surface area contributed by atoms with Gasteiger partial charge in [0.05, 0.1) is 9.34 Å². The summed E-state index contributed by atoms with van der Waals surface area (Å²) < 4.78 is 0.579. The largest absolute Gasteiger partial charge is 0.480 e. The van der Waals surface area contributed by atoms with Gasteiger partial charge >= 0.3 is 5.97 Å². The second kappa shape index (κ2) is 3.75. The first-order chi connectivity index (χ1) is 7.47. The maximum atomic E-state index is 12.0. The Morgan fingerprint density at radius 3 is 2.50 bits per heavy atom. The average Bonchev–Trinajstić information content (AvgIpc) is 2.95. The molecule has 6 heteroatoms. The van der Waals surface area contributed by atoms with Crippen LogP contribution >= 0.6 is 22.9 Å². The minimum atomic E-state index is -1.19. The van der Waals surface area contributed by atoms with Crippen LogP contribution in [0.1, 0.15) is 12.8 Å². The number of halogens is 1. The normalized spacial score (nSPS) is 16.9. The van der Waals surface area contributed by atoms with Crippen molar-refractivity contribution in [2.24, 2.45) is 5.41 Å². The molecular formula is C10H10ClNO3S.